The number of fused-ring (bicyclic) bond motifs is 2. The number of aromatic amines is 2. The average molecular weight is 632 g/mol. The zero-order chi connectivity index (χ0) is 32.0. The summed E-state index contributed by atoms with van der Waals surface area (Å²) in [6.45, 7) is 3.33. The second-order valence-corrected chi connectivity index (χ2v) is 13.0. The molecule has 15 heteroatoms. The minimum atomic E-state index is -0.955. The highest BCUT2D eigenvalue weighted by molar-refractivity contribution is 5.21. The van der Waals surface area contributed by atoms with Crippen LogP contribution in [0.15, 0.2) is 68.1 Å². The molecule has 4 bridgehead atoms. The summed E-state index contributed by atoms with van der Waals surface area (Å²) in [5.41, 5.74) is -1.35. The number of benzene rings is 1. The third-order valence-electron chi connectivity index (χ3n) is 10.2. The van der Waals surface area contributed by atoms with Crippen molar-refractivity contribution >= 4 is 0 Å². The molecule has 10 rings (SSSR count). The van der Waals surface area contributed by atoms with Crippen molar-refractivity contribution in [3.63, 3.8) is 0 Å². The maximum atomic E-state index is 12.8. The highest BCUT2D eigenvalue weighted by atomic mass is 16.6. The second kappa shape index (κ2) is 10.3. The van der Waals surface area contributed by atoms with Gasteiger partial charge in [0.25, 0.3) is 11.1 Å². The summed E-state index contributed by atoms with van der Waals surface area (Å²) in [7, 11) is 0. The fourth-order valence-electron chi connectivity index (χ4n) is 7.90. The van der Waals surface area contributed by atoms with Gasteiger partial charge in [-0.05, 0) is 32.3 Å². The monoisotopic (exact) mass is 631 g/mol. The van der Waals surface area contributed by atoms with E-state index in [1.807, 2.05) is 30.3 Å². The second-order valence-electron chi connectivity index (χ2n) is 13.0. The molecule has 4 saturated heterocycles. The summed E-state index contributed by atoms with van der Waals surface area (Å²) in [6.07, 6.45) is 4.61. The largest absolute Gasteiger partial charge is 0.393 e. The average Bonchev–Trinajstić information content (AvgIpc) is 3.83. The van der Waals surface area contributed by atoms with Gasteiger partial charge in [0.2, 0.25) is 0 Å². The Morgan fingerprint density at radius 2 is 1.50 bits per heavy atom. The highest BCUT2D eigenvalue weighted by Gasteiger charge is 2.69. The number of rotatable bonds is 9. The van der Waals surface area contributed by atoms with E-state index in [-0.39, 0.29) is 30.6 Å². The molecule has 3 N–H and O–H groups in total. The van der Waals surface area contributed by atoms with Crippen LogP contribution in [0.2, 0.25) is 0 Å². The molecule has 15 nitrogen and oxygen atoms in total. The van der Waals surface area contributed by atoms with Crippen molar-refractivity contribution in [3.05, 3.63) is 113 Å². The lowest BCUT2D eigenvalue weighted by atomic mass is 9.68. The molecule has 4 aliphatic heterocycles. The van der Waals surface area contributed by atoms with E-state index in [9.17, 15) is 24.3 Å². The molecular weight excluding hydrogens is 598 g/mol. The third-order valence-corrected chi connectivity index (χ3v) is 10.2. The number of hydrogen-bond donors (Lipinski definition) is 3. The Morgan fingerprint density at radius 3 is 2.15 bits per heavy atom. The normalized spacial score (nSPS) is 32.3. The molecule has 8 atom stereocenters. The number of H-pyrrole nitrogens is 2. The number of aliphatic hydroxyl groups is 1. The third kappa shape index (κ3) is 4.26. The molecule has 4 aromatic rings. The van der Waals surface area contributed by atoms with Gasteiger partial charge in [0.05, 0.1) is 31.1 Å². The summed E-state index contributed by atoms with van der Waals surface area (Å²) in [4.78, 5) is 54.1. The minimum Gasteiger partial charge on any atom is -0.393 e. The van der Waals surface area contributed by atoms with Crippen LogP contribution in [0, 0.1) is 25.7 Å². The number of nitrogens with zero attached hydrogens (tertiary/aromatic N) is 5. The van der Waals surface area contributed by atoms with E-state index in [0.717, 1.165) is 5.56 Å². The number of aromatic nitrogens is 7. The van der Waals surface area contributed by atoms with Crippen molar-refractivity contribution in [2.24, 2.45) is 11.8 Å². The van der Waals surface area contributed by atoms with E-state index in [1.54, 1.807) is 24.7 Å². The zero-order valence-electron chi connectivity index (χ0n) is 25.2. The first-order chi connectivity index (χ1) is 22.1. The van der Waals surface area contributed by atoms with Crippen molar-refractivity contribution in [2.75, 3.05) is 6.61 Å². The zero-order valence-corrected chi connectivity index (χ0v) is 25.2. The van der Waals surface area contributed by atoms with E-state index in [4.69, 9.17) is 14.2 Å². The number of aryl methyl sites for hydroxylation is 2. The predicted octanol–water partition coefficient (Wildman–Crippen LogP) is 0.232. The Morgan fingerprint density at radius 1 is 0.891 bits per heavy atom. The maximum Gasteiger partial charge on any atom is 0.330 e. The Bertz CT molecular complexity index is 2070. The van der Waals surface area contributed by atoms with Crippen LogP contribution in [0.4, 0.5) is 0 Å². The SMILES string of the molecule is Cc1cn([C@@H]2O[C@@]3(CO)CC2[C@@H]3n2cc(C[C@@]34CC([C@H](n5cc(C)c(=O)[nH]c5=O)O3)[C@@H]4OCc3ccccc3)nn2)c(=O)[nH]c1=O. The Kier molecular flexibility index (Phi) is 6.48. The molecule has 6 fully saturated rings. The molecule has 0 radical (unpaired) electrons. The fourth-order valence-corrected chi connectivity index (χ4v) is 7.90. The van der Waals surface area contributed by atoms with Crippen LogP contribution in [-0.2, 0) is 27.2 Å². The summed E-state index contributed by atoms with van der Waals surface area (Å²) >= 11 is 0. The van der Waals surface area contributed by atoms with Gasteiger partial charge in [-0.3, -0.25) is 28.7 Å². The summed E-state index contributed by atoms with van der Waals surface area (Å²) in [5.74, 6) is -0.324. The van der Waals surface area contributed by atoms with Crippen molar-refractivity contribution in [2.45, 2.75) is 75.5 Å². The highest BCUT2D eigenvalue weighted by Crippen LogP contribution is 2.63. The lowest BCUT2D eigenvalue weighted by molar-refractivity contribution is -0.150. The smallest absolute Gasteiger partial charge is 0.330 e. The number of aliphatic hydroxyl groups excluding tert-OH is 1. The van der Waals surface area contributed by atoms with Crippen molar-refractivity contribution in [3.8, 4) is 0 Å². The molecule has 2 unspecified atom stereocenters. The molecule has 46 heavy (non-hydrogen) atoms. The van der Waals surface area contributed by atoms with Crippen molar-refractivity contribution in [1.29, 1.82) is 0 Å². The van der Waals surface area contributed by atoms with E-state index in [2.05, 4.69) is 20.3 Å². The molecule has 0 spiro atoms. The molecule has 1 aromatic carbocycles. The molecule has 2 aliphatic carbocycles. The topological polar surface area (TPSA) is 188 Å². The lowest BCUT2D eigenvalue weighted by Crippen LogP contribution is -2.55. The first-order valence-electron chi connectivity index (χ1n) is 15.3. The van der Waals surface area contributed by atoms with Crippen LogP contribution in [0.25, 0.3) is 0 Å². The summed E-state index contributed by atoms with van der Waals surface area (Å²) < 4.78 is 23.8. The summed E-state index contributed by atoms with van der Waals surface area (Å²) in [6, 6.07) is 9.40. The van der Waals surface area contributed by atoms with Crippen LogP contribution in [-0.4, -0.2) is 63.1 Å². The van der Waals surface area contributed by atoms with Gasteiger partial charge in [-0.1, -0.05) is 35.5 Å². The first-order valence-corrected chi connectivity index (χ1v) is 15.3. The molecule has 240 valence electrons. The van der Waals surface area contributed by atoms with Crippen LogP contribution in [0.1, 0.15) is 53.7 Å². The predicted molar refractivity (Wildman–Crippen MR) is 159 cm³/mol. The van der Waals surface area contributed by atoms with E-state index in [1.165, 1.54) is 21.5 Å². The van der Waals surface area contributed by atoms with Gasteiger partial charge in [-0.15, -0.1) is 5.10 Å². The van der Waals surface area contributed by atoms with Crippen LogP contribution in [0.3, 0.4) is 0 Å². The fraction of sp³-hybridized carbons (Fsp3) is 0.484. The van der Waals surface area contributed by atoms with Gasteiger partial charge in [-0.25, -0.2) is 14.3 Å². The van der Waals surface area contributed by atoms with Gasteiger partial charge < -0.3 is 19.3 Å². The molecule has 7 heterocycles. The lowest BCUT2D eigenvalue weighted by Gasteiger charge is -2.44. The number of nitrogens with one attached hydrogen (secondary N) is 2. The van der Waals surface area contributed by atoms with Crippen LogP contribution >= 0.6 is 0 Å². The van der Waals surface area contributed by atoms with Crippen LogP contribution < -0.4 is 22.5 Å². The Hall–Kier alpha value is -4.44. The van der Waals surface area contributed by atoms with Crippen molar-refractivity contribution < 1.29 is 19.3 Å². The van der Waals surface area contributed by atoms with Gasteiger partial charge in [-0.2, -0.15) is 0 Å². The van der Waals surface area contributed by atoms with Gasteiger partial charge >= 0.3 is 11.4 Å². The van der Waals surface area contributed by atoms with Crippen LogP contribution in [0.5, 0.6) is 0 Å². The van der Waals surface area contributed by atoms with E-state index in [0.29, 0.717) is 42.7 Å². The summed E-state index contributed by atoms with van der Waals surface area (Å²) in [5, 5.41) is 19.3. The molecular formula is C31H33N7O8. The van der Waals surface area contributed by atoms with Gasteiger partial charge in [0.15, 0.2) is 0 Å². The standard InChI is InChI=1S/C31H33N7O8/c1-16-11-36(28(42)32-24(16)40)26-20-9-31(15-39,46-26)22(20)38-13-19(34-35-38)8-30-10-21(23(30)44-14-18-6-4-3-5-7-18)27(45-30)37-12-17(2)25(41)33-29(37)43/h3-7,11-13,20-23,26-27,39H,8-10,14-15H2,1-2H3,(H,32,40,42)(H,33,41,43)/t20?,21?,22-,23-,26+,27+,30-,31+/m0/s1. The minimum absolute atomic E-state index is 0.130. The number of ether oxygens (including phenoxy) is 3. The Balaban J connectivity index is 1.07. The maximum absolute atomic E-state index is 12.8. The molecule has 0 amide bonds. The molecule has 3 aromatic heterocycles. The number of hydrogen-bond acceptors (Lipinski definition) is 10. The van der Waals surface area contributed by atoms with Gasteiger partial charge in [0, 0.05) is 48.0 Å². The van der Waals surface area contributed by atoms with Gasteiger partial charge in [0.1, 0.15) is 23.7 Å². The van der Waals surface area contributed by atoms with Crippen molar-refractivity contribution in [1.82, 2.24) is 34.1 Å². The molecule has 6 aliphatic rings. The van der Waals surface area contributed by atoms with E-state index >= 15 is 0 Å². The first kappa shape index (κ1) is 29.0. The quantitative estimate of drug-likeness (QED) is 0.231. The molecule has 2 saturated carbocycles. The van der Waals surface area contributed by atoms with E-state index < -0.39 is 46.2 Å². The Labute approximate surface area is 260 Å².